The Bertz CT molecular complexity index is 464. The van der Waals surface area contributed by atoms with Crippen molar-refractivity contribution in [1.29, 1.82) is 0 Å². The average Bonchev–Trinajstić information content (AvgIpc) is 2.37. The van der Waals surface area contributed by atoms with E-state index in [1.165, 1.54) is 22.5 Å². The molecule has 1 rings (SSSR count). The Labute approximate surface area is 127 Å². The Kier molecular flexibility index (Phi) is 6.00. The predicted octanol–water partition coefficient (Wildman–Crippen LogP) is 2.20. The molecular weight excluding hydrogens is 266 g/mol. The number of rotatable bonds is 5. The molecule has 0 atom stereocenters. The van der Waals surface area contributed by atoms with Gasteiger partial charge < -0.3 is 16.0 Å². The molecule has 118 valence electrons. The summed E-state index contributed by atoms with van der Waals surface area (Å²) in [4.78, 5) is 24.0. The summed E-state index contributed by atoms with van der Waals surface area (Å²) in [5.74, 6) is -0.144. The van der Waals surface area contributed by atoms with Gasteiger partial charge in [0.2, 0.25) is 5.91 Å². The number of nitrogens with one attached hydrogen (secondary N) is 1. The van der Waals surface area contributed by atoms with E-state index in [0.717, 1.165) is 12.8 Å². The Balaban J connectivity index is 2.52. The molecule has 0 fully saturated rings. The quantitative estimate of drug-likeness (QED) is 0.762. The van der Waals surface area contributed by atoms with Gasteiger partial charge in [0.05, 0.1) is 0 Å². The number of urea groups is 1. The van der Waals surface area contributed by atoms with E-state index in [9.17, 15) is 9.59 Å². The van der Waals surface area contributed by atoms with Crippen molar-refractivity contribution in [2.24, 2.45) is 11.1 Å². The zero-order chi connectivity index (χ0) is 16.0. The lowest BCUT2D eigenvalue weighted by molar-refractivity contribution is -0.116. The molecule has 5 heteroatoms. The Hall–Kier alpha value is -1.78. The topological polar surface area (TPSA) is 75.4 Å². The minimum Gasteiger partial charge on any atom is -0.351 e. The third-order valence-corrected chi connectivity index (χ3v) is 4.07. The van der Waals surface area contributed by atoms with Crippen LogP contribution in [-0.4, -0.2) is 37.0 Å². The lowest BCUT2D eigenvalue weighted by Gasteiger charge is -2.32. The minimum atomic E-state index is -0.496. The van der Waals surface area contributed by atoms with Crippen LogP contribution in [0.4, 0.5) is 4.79 Å². The molecule has 3 amide bonds. The summed E-state index contributed by atoms with van der Waals surface area (Å²) in [7, 11) is 1.60. The summed E-state index contributed by atoms with van der Waals surface area (Å²) in [5, 5.41) is 2.75. The van der Waals surface area contributed by atoms with E-state index in [1.807, 2.05) is 6.08 Å². The number of likely N-dealkylation sites (N-methyl/N-ethyl adjacent to an activating group) is 1. The fourth-order valence-electron chi connectivity index (χ4n) is 2.69. The maximum atomic E-state index is 11.8. The highest BCUT2D eigenvalue weighted by Gasteiger charge is 2.26. The van der Waals surface area contributed by atoms with Crippen LogP contribution in [-0.2, 0) is 4.79 Å². The van der Waals surface area contributed by atoms with Gasteiger partial charge in [0.15, 0.2) is 0 Å². The Morgan fingerprint density at radius 1 is 1.43 bits per heavy atom. The molecule has 0 radical (unpaired) electrons. The second kappa shape index (κ2) is 7.29. The summed E-state index contributed by atoms with van der Waals surface area (Å²) < 4.78 is 0. The van der Waals surface area contributed by atoms with E-state index in [2.05, 4.69) is 26.1 Å². The van der Waals surface area contributed by atoms with Gasteiger partial charge in [-0.15, -0.1) is 0 Å². The number of hydrogen-bond acceptors (Lipinski definition) is 2. The maximum Gasteiger partial charge on any atom is 0.314 e. The van der Waals surface area contributed by atoms with Crippen LogP contribution in [0.2, 0.25) is 0 Å². The zero-order valence-electron chi connectivity index (χ0n) is 13.5. The fraction of sp³-hybridized carbons (Fsp3) is 0.625. The van der Waals surface area contributed by atoms with Crippen LogP contribution in [0.3, 0.4) is 0 Å². The molecule has 0 aliphatic heterocycles. The van der Waals surface area contributed by atoms with Crippen molar-refractivity contribution in [1.82, 2.24) is 10.2 Å². The maximum absolute atomic E-state index is 11.8. The second-order valence-electron chi connectivity index (χ2n) is 6.32. The molecule has 5 nitrogen and oxygen atoms in total. The van der Waals surface area contributed by atoms with Gasteiger partial charge in [-0.25, -0.2) is 4.79 Å². The van der Waals surface area contributed by atoms with Crippen molar-refractivity contribution in [3.63, 3.8) is 0 Å². The van der Waals surface area contributed by atoms with Gasteiger partial charge in [0.1, 0.15) is 0 Å². The van der Waals surface area contributed by atoms with Gasteiger partial charge in [-0.05, 0) is 37.2 Å². The molecule has 0 unspecified atom stereocenters. The number of hydrogen-bond donors (Lipinski definition) is 2. The van der Waals surface area contributed by atoms with Crippen LogP contribution in [0, 0.1) is 5.41 Å². The van der Waals surface area contributed by atoms with Gasteiger partial charge in [0.25, 0.3) is 0 Å². The minimum absolute atomic E-state index is 0.130. The fourth-order valence-corrected chi connectivity index (χ4v) is 2.69. The van der Waals surface area contributed by atoms with E-state index in [0.29, 0.717) is 13.1 Å². The largest absolute Gasteiger partial charge is 0.351 e. The molecule has 21 heavy (non-hydrogen) atoms. The molecule has 3 N–H and O–H groups in total. The van der Waals surface area contributed by atoms with Crippen molar-refractivity contribution in [2.75, 3.05) is 20.1 Å². The number of carbonyl (C=O) groups is 2. The van der Waals surface area contributed by atoms with Crippen LogP contribution < -0.4 is 11.1 Å². The molecule has 0 heterocycles. The first-order valence-electron chi connectivity index (χ1n) is 7.41. The molecule has 0 saturated heterocycles. The molecule has 0 aromatic heterocycles. The monoisotopic (exact) mass is 293 g/mol. The Morgan fingerprint density at radius 3 is 2.67 bits per heavy atom. The van der Waals surface area contributed by atoms with Gasteiger partial charge in [0, 0.05) is 26.2 Å². The standard InChI is InChI=1S/C16H27N3O2/c1-12-6-5-9-16(2,3)13(12)7-8-14(20)18-10-11-19(4)15(17)21/h7-8H,5-6,9-11H2,1-4H3,(H2,17,21)(H,18,20). The van der Waals surface area contributed by atoms with E-state index < -0.39 is 6.03 Å². The molecule has 1 aliphatic carbocycles. The molecule has 0 bridgehead atoms. The van der Waals surface area contributed by atoms with Crippen LogP contribution in [0.25, 0.3) is 0 Å². The van der Waals surface area contributed by atoms with Crippen molar-refractivity contribution >= 4 is 11.9 Å². The molecule has 0 aromatic carbocycles. The first-order chi connectivity index (χ1) is 9.74. The highest BCUT2D eigenvalue weighted by molar-refractivity contribution is 5.88. The normalized spacial score (nSPS) is 17.9. The summed E-state index contributed by atoms with van der Waals surface area (Å²) in [6.45, 7) is 7.37. The Morgan fingerprint density at radius 2 is 2.10 bits per heavy atom. The van der Waals surface area contributed by atoms with Crippen LogP contribution in [0.15, 0.2) is 23.3 Å². The number of nitrogens with zero attached hydrogens (tertiary/aromatic N) is 1. The smallest absolute Gasteiger partial charge is 0.314 e. The number of carbonyl (C=O) groups excluding carboxylic acids is 2. The summed E-state index contributed by atoms with van der Waals surface area (Å²) in [5.41, 5.74) is 7.87. The number of allylic oxidation sites excluding steroid dienone is 3. The van der Waals surface area contributed by atoms with Crippen LogP contribution in [0.1, 0.15) is 40.0 Å². The van der Waals surface area contributed by atoms with E-state index >= 15 is 0 Å². The van der Waals surface area contributed by atoms with Gasteiger partial charge in [-0.2, -0.15) is 0 Å². The lowest BCUT2D eigenvalue weighted by Crippen LogP contribution is -2.38. The van der Waals surface area contributed by atoms with E-state index in [-0.39, 0.29) is 11.3 Å². The number of amides is 3. The van der Waals surface area contributed by atoms with Gasteiger partial charge in [-0.1, -0.05) is 25.5 Å². The van der Waals surface area contributed by atoms with Gasteiger partial charge in [-0.3, -0.25) is 4.79 Å². The van der Waals surface area contributed by atoms with E-state index in [4.69, 9.17) is 5.73 Å². The first kappa shape index (κ1) is 17.3. The molecule has 0 spiro atoms. The number of nitrogens with two attached hydrogens (primary N) is 1. The summed E-state index contributed by atoms with van der Waals surface area (Å²) in [6.07, 6.45) is 6.97. The molecular formula is C16H27N3O2. The van der Waals surface area contributed by atoms with Gasteiger partial charge >= 0.3 is 6.03 Å². The van der Waals surface area contributed by atoms with Crippen LogP contribution >= 0.6 is 0 Å². The molecule has 0 saturated carbocycles. The molecule has 0 aromatic rings. The number of primary amides is 1. The SMILES string of the molecule is CC1=C(C=CC(=O)NCCN(C)C(N)=O)C(C)(C)CCC1. The van der Waals surface area contributed by atoms with Crippen molar-refractivity contribution < 1.29 is 9.59 Å². The lowest BCUT2D eigenvalue weighted by atomic mass is 9.72. The van der Waals surface area contributed by atoms with E-state index in [1.54, 1.807) is 13.1 Å². The average molecular weight is 293 g/mol. The van der Waals surface area contributed by atoms with Crippen molar-refractivity contribution in [3.05, 3.63) is 23.3 Å². The molecule has 1 aliphatic rings. The van der Waals surface area contributed by atoms with Crippen LogP contribution in [0.5, 0.6) is 0 Å². The summed E-state index contributed by atoms with van der Waals surface area (Å²) in [6, 6.07) is -0.496. The summed E-state index contributed by atoms with van der Waals surface area (Å²) >= 11 is 0. The third kappa shape index (κ3) is 5.25. The first-order valence-corrected chi connectivity index (χ1v) is 7.41. The van der Waals surface area contributed by atoms with Crippen molar-refractivity contribution in [3.8, 4) is 0 Å². The zero-order valence-corrected chi connectivity index (χ0v) is 13.5. The second-order valence-corrected chi connectivity index (χ2v) is 6.32. The predicted molar refractivity (Wildman–Crippen MR) is 84.7 cm³/mol. The highest BCUT2D eigenvalue weighted by atomic mass is 16.2. The van der Waals surface area contributed by atoms with Crippen molar-refractivity contribution in [2.45, 2.75) is 40.0 Å². The third-order valence-electron chi connectivity index (χ3n) is 4.07. The highest BCUT2D eigenvalue weighted by Crippen LogP contribution is 2.40.